The molecule has 1 aromatic heterocycles. The molecule has 0 amide bonds. The predicted octanol–water partition coefficient (Wildman–Crippen LogP) is 2.44. The number of aromatic nitrogens is 2. The van der Waals surface area contributed by atoms with Crippen LogP contribution in [0.4, 0.5) is 5.82 Å². The van der Waals surface area contributed by atoms with Crippen molar-refractivity contribution in [2.45, 2.75) is 26.3 Å². The van der Waals surface area contributed by atoms with E-state index in [0.717, 1.165) is 42.3 Å². The van der Waals surface area contributed by atoms with Crippen LogP contribution in [-0.4, -0.2) is 28.0 Å². The Morgan fingerprint density at radius 3 is 3.00 bits per heavy atom. The van der Waals surface area contributed by atoms with Crippen molar-refractivity contribution in [2.75, 3.05) is 18.8 Å². The minimum Gasteiger partial charge on any atom is -0.383 e. The zero-order chi connectivity index (χ0) is 13.2. The summed E-state index contributed by atoms with van der Waals surface area (Å²) in [6, 6.07) is 7.92. The Kier molecular flexibility index (Phi) is 3.34. The fourth-order valence-corrected chi connectivity index (χ4v) is 2.85. The van der Waals surface area contributed by atoms with Gasteiger partial charge in [0.2, 0.25) is 0 Å². The van der Waals surface area contributed by atoms with Crippen LogP contribution in [0.2, 0.25) is 0 Å². The van der Waals surface area contributed by atoms with Gasteiger partial charge in [0.05, 0.1) is 12.1 Å². The zero-order valence-electron chi connectivity index (χ0n) is 11.3. The lowest BCUT2D eigenvalue weighted by atomic mass is 10.0. The number of anilines is 1. The quantitative estimate of drug-likeness (QED) is 0.896. The number of nitrogens with zero attached hydrogens (tertiary/aromatic N) is 3. The normalized spacial score (nSPS) is 20.8. The van der Waals surface area contributed by atoms with Crippen molar-refractivity contribution in [2.24, 2.45) is 5.92 Å². The summed E-state index contributed by atoms with van der Waals surface area (Å²) >= 11 is 0. The number of benzene rings is 1. The Bertz CT molecular complexity index is 581. The molecular weight excluding hydrogens is 236 g/mol. The molecule has 0 spiro atoms. The Labute approximate surface area is 113 Å². The lowest BCUT2D eigenvalue weighted by Gasteiger charge is -2.30. The Morgan fingerprint density at radius 1 is 1.32 bits per heavy atom. The minimum absolute atomic E-state index is 0.589. The van der Waals surface area contributed by atoms with Crippen LogP contribution in [0.5, 0.6) is 0 Å². The van der Waals surface area contributed by atoms with Gasteiger partial charge in [-0.15, -0.1) is 0 Å². The van der Waals surface area contributed by atoms with Crippen molar-refractivity contribution in [1.29, 1.82) is 0 Å². The number of hydrogen-bond acceptors (Lipinski definition) is 4. The molecule has 2 heterocycles. The summed E-state index contributed by atoms with van der Waals surface area (Å²) in [6.45, 7) is 5.39. The fraction of sp³-hybridized carbons (Fsp3) is 0.467. The molecule has 1 unspecified atom stereocenters. The lowest BCUT2D eigenvalue weighted by molar-refractivity contribution is 0.173. The maximum absolute atomic E-state index is 6.02. The van der Waals surface area contributed by atoms with Crippen LogP contribution in [0.15, 0.2) is 24.3 Å². The zero-order valence-corrected chi connectivity index (χ0v) is 11.3. The van der Waals surface area contributed by atoms with Crippen LogP contribution in [0.25, 0.3) is 10.9 Å². The van der Waals surface area contributed by atoms with Gasteiger partial charge >= 0.3 is 0 Å². The molecule has 19 heavy (non-hydrogen) atoms. The van der Waals surface area contributed by atoms with Gasteiger partial charge < -0.3 is 5.73 Å². The minimum atomic E-state index is 0.589. The number of nitrogen functional groups attached to an aromatic ring is 1. The van der Waals surface area contributed by atoms with E-state index in [4.69, 9.17) is 5.73 Å². The molecule has 1 fully saturated rings. The van der Waals surface area contributed by atoms with E-state index in [2.05, 4.69) is 21.8 Å². The highest BCUT2D eigenvalue weighted by atomic mass is 15.2. The standard InChI is InChI=1S/C15H20N4/c1-11-5-4-8-19(9-11)10-14-17-13-7-3-2-6-12(13)15(16)18-14/h2-3,6-7,11H,4-5,8-10H2,1H3,(H2,16,17,18). The summed E-state index contributed by atoms with van der Waals surface area (Å²) in [6.07, 6.45) is 2.60. The van der Waals surface area contributed by atoms with Crippen molar-refractivity contribution in [3.8, 4) is 0 Å². The summed E-state index contributed by atoms with van der Waals surface area (Å²) in [5, 5.41) is 0.943. The second-order valence-electron chi connectivity index (χ2n) is 5.52. The van der Waals surface area contributed by atoms with Crippen LogP contribution >= 0.6 is 0 Å². The van der Waals surface area contributed by atoms with Crippen molar-refractivity contribution in [3.05, 3.63) is 30.1 Å². The average molecular weight is 256 g/mol. The molecule has 0 bridgehead atoms. The van der Waals surface area contributed by atoms with Crippen molar-refractivity contribution >= 4 is 16.7 Å². The fourth-order valence-electron chi connectivity index (χ4n) is 2.85. The predicted molar refractivity (Wildman–Crippen MR) is 77.6 cm³/mol. The summed E-state index contributed by atoms with van der Waals surface area (Å²) in [7, 11) is 0. The van der Waals surface area contributed by atoms with Crippen LogP contribution in [0, 0.1) is 5.92 Å². The van der Waals surface area contributed by atoms with Gasteiger partial charge in [-0.1, -0.05) is 19.1 Å². The third-order valence-corrected chi connectivity index (χ3v) is 3.79. The number of likely N-dealkylation sites (tertiary alicyclic amines) is 1. The highest BCUT2D eigenvalue weighted by molar-refractivity contribution is 5.87. The SMILES string of the molecule is CC1CCCN(Cc2nc(N)c3ccccc3n2)C1. The third kappa shape index (κ3) is 2.68. The molecular formula is C15H20N4. The molecule has 4 nitrogen and oxygen atoms in total. The molecule has 0 radical (unpaired) electrons. The molecule has 3 rings (SSSR count). The number of rotatable bonds is 2. The Hall–Kier alpha value is -1.68. The molecule has 2 aromatic rings. The Balaban J connectivity index is 1.85. The molecule has 100 valence electrons. The summed E-state index contributed by atoms with van der Waals surface area (Å²) in [5.41, 5.74) is 6.96. The average Bonchev–Trinajstić information content (AvgIpc) is 2.39. The largest absolute Gasteiger partial charge is 0.383 e. The van der Waals surface area contributed by atoms with E-state index < -0.39 is 0 Å². The number of para-hydroxylation sites is 1. The lowest BCUT2D eigenvalue weighted by Crippen LogP contribution is -2.34. The summed E-state index contributed by atoms with van der Waals surface area (Å²) in [4.78, 5) is 11.5. The topological polar surface area (TPSA) is 55.0 Å². The first kappa shape index (κ1) is 12.4. The maximum atomic E-state index is 6.02. The highest BCUT2D eigenvalue weighted by Crippen LogP contribution is 2.20. The van der Waals surface area contributed by atoms with E-state index in [1.165, 1.54) is 12.8 Å². The van der Waals surface area contributed by atoms with E-state index in [9.17, 15) is 0 Å². The van der Waals surface area contributed by atoms with Gasteiger partial charge in [0, 0.05) is 11.9 Å². The number of fused-ring (bicyclic) bond motifs is 1. The molecule has 0 saturated carbocycles. The van der Waals surface area contributed by atoms with Gasteiger partial charge in [-0.3, -0.25) is 4.90 Å². The maximum Gasteiger partial charge on any atom is 0.145 e. The highest BCUT2D eigenvalue weighted by Gasteiger charge is 2.17. The van der Waals surface area contributed by atoms with Crippen molar-refractivity contribution in [1.82, 2.24) is 14.9 Å². The van der Waals surface area contributed by atoms with Crippen molar-refractivity contribution < 1.29 is 0 Å². The molecule has 1 aliphatic heterocycles. The van der Waals surface area contributed by atoms with Crippen LogP contribution < -0.4 is 5.73 Å². The van der Waals surface area contributed by atoms with Crippen LogP contribution in [0.1, 0.15) is 25.6 Å². The van der Waals surface area contributed by atoms with E-state index >= 15 is 0 Å². The third-order valence-electron chi connectivity index (χ3n) is 3.79. The molecule has 2 N–H and O–H groups in total. The number of nitrogens with two attached hydrogens (primary N) is 1. The summed E-state index contributed by atoms with van der Waals surface area (Å²) in [5.74, 6) is 2.20. The van der Waals surface area contributed by atoms with Gasteiger partial charge in [-0.05, 0) is 37.4 Å². The van der Waals surface area contributed by atoms with E-state index in [1.54, 1.807) is 0 Å². The van der Waals surface area contributed by atoms with Gasteiger partial charge in [0.25, 0.3) is 0 Å². The van der Waals surface area contributed by atoms with Crippen LogP contribution in [0.3, 0.4) is 0 Å². The van der Waals surface area contributed by atoms with Gasteiger partial charge in [0.1, 0.15) is 11.6 Å². The van der Waals surface area contributed by atoms with E-state index in [0.29, 0.717) is 5.82 Å². The van der Waals surface area contributed by atoms with Crippen LogP contribution in [-0.2, 0) is 6.54 Å². The smallest absolute Gasteiger partial charge is 0.145 e. The van der Waals surface area contributed by atoms with Gasteiger partial charge in [-0.2, -0.15) is 0 Å². The first-order chi connectivity index (χ1) is 9.22. The first-order valence-electron chi connectivity index (χ1n) is 6.96. The van der Waals surface area contributed by atoms with Crippen molar-refractivity contribution in [3.63, 3.8) is 0 Å². The second kappa shape index (κ2) is 5.13. The molecule has 1 aliphatic rings. The summed E-state index contributed by atoms with van der Waals surface area (Å²) < 4.78 is 0. The molecule has 1 saturated heterocycles. The number of piperidine rings is 1. The number of hydrogen-bond donors (Lipinski definition) is 1. The Morgan fingerprint density at radius 2 is 2.16 bits per heavy atom. The molecule has 1 aromatic carbocycles. The van der Waals surface area contributed by atoms with Gasteiger partial charge in [-0.25, -0.2) is 9.97 Å². The van der Waals surface area contributed by atoms with E-state index in [1.807, 2.05) is 24.3 Å². The molecule has 4 heteroatoms. The monoisotopic (exact) mass is 256 g/mol. The first-order valence-corrected chi connectivity index (χ1v) is 6.96. The van der Waals surface area contributed by atoms with Gasteiger partial charge in [0.15, 0.2) is 0 Å². The second-order valence-corrected chi connectivity index (χ2v) is 5.52. The van der Waals surface area contributed by atoms with E-state index in [-0.39, 0.29) is 0 Å². The molecule has 1 atom stereocenters. The molecule has 0 aliphatic carbocycles.